The van der Waals surface area contributed by atoms with E-state index in [0.717, 1.165) is 5.56 Å². The van der Waals surface area contributed by atoms with Crippen molar-refractivity contribution in [2.45, 2.75) is 24.9 Å². The summed E-state index contributed by atoms with van der Waals surface area (Å²) in [7, 11) is 0. The lowest BCUT2D eigenvalue weighted by atomic mass is 9.65. The van der Waals surface area contributed by atoms with Gasteiger partial charge in [-0.2, -0.15) is 0 Å². The zero-order valence-electron chi connectivity index (χ0n) is 15.4. The van der Waals surface area contributed by atoms with Crippen LogP contribution in [0.1, 0.15) is 18.4 Å². The van der Waals surface area contributed by atoms with Crippen LogP contribution in [0.25, 0.3) is 0 Å². The van der Waals surface area contributed by atoms with E-state index in [2.05, 4.69) is 4.98 Å². The number of piperazine rings is 1. The quantitative estimate of drug-likeness (QED) is 0.798. The molecular weight excluding hydrogens is 418 g/mol. The second-order valence-electron chi connectivity index (χ2n) is 7.65. The Hall–Kier alpha value is -2.38. The number of hydrogen-bond acceptors (Lipinski definition) is 4. The minimum Gasteiger partial charge on any atom is -0.369 e. The molecule has 1 spiro atoms. The number of rotatable bonds is 4. The van der Waals surface area contributed by atoms with E-state index in [1.165, 1.54) is 12.3 Å². The molecule has 1 aliphatic heterocycles. The van der Waals surface area contributed by atoms with Gasteiger partial charge in [0.05, 0.1) is 17.1 Å². The number of hydrogen-bond donors (Lipinski definition) is 1. The number of anilines is 1. The van der Waals surface area contributed by atoms with E-state index in [1.807, 2.05) is 12.1 Å². The van der Waals surface area contributed by atoms with Gasteiger partial charge < -0.3 is 15.5 Å². The first-order valence-corrected chi connectivity index (χ1v) is 9.93. The van der Waals surface area contributed by atoms with Crippen molar-refractivity contribution >= 4 is 40.8 Å². The van der Waals surface area contributed by atoms with Gasteiger partial charge in [0.15, 0.2) is 11.6 Å². The summed E-state index contributed by atoms with van der Waals surface area (Å²) >= 11 is 11.8. The van der Waals surface area contributed by atoms with Crippen molar-refractivity contribution in [3.63, 3.8) is 0 Å². The number of nitrogens with zero attached hydrogens (tertiary/aromatic N) is 3. The molecule has 9 heteroatoms. The van der Waals surface area contributed by atoms with Crippen molar-refractivity contribution < 1.29 is 14.0 Å². The predicted molar refractivity (Wildman–Crippen MR) is 108 cm³/mol. The Labute approximate surface area is 177 Å². The van der Waals surface area contributed by atoms with Crippen LogP contribution in [-0.2, 0) is 16.1 Å². The van der Waals surface area contributed by atoms with E-state index < -0.39 is 11.4 Å². The predicted octanol–water partition coefficient (Wildman–Crippen LogP) is 3.01. The van der Waals surface area contributed by atoms with Crippen molar-refractivity contribution in [1.29, 1.82) is 0 Å². The van der Waals surface area contributed by atoms with Gasteiger partial charge in [0, 0.05) is 30.2 Å². The van der Waals surface area contributed by atoms with Crippen molar-refractivity contribution in [1.82, 2.24) is 9.88 Å². The molecule has 0 radical (unpaired) electrons. The Bertz CT molecular complexity index is 963. The van der Waals surface area contributed by atoms with Crippen LogP contribution < -0.4 is 10.6 Å². The summed E-state index contributed by atoms with van der Waals surface area (Å²) in [6.45, 7) is 0.732. The minimum absolute atomic E-state index is 0.0118. The van der Waals surface area contributed by atoms with Gasteiger partial charge >= 0.3 is 0 Å². The van der Waals surface area contributed by atoms with Gasteiger partial charge in [0.25, 0.3) is 0 Å². The molecule has 1 saturated heterocycles. The van der Waals surface area contributed by atoms with E-state index in [-0.39, 0.29) is 35.1 Å². The molecule has 2 aliphatic rings. The number of pyridine rings is 1. The lowest BCUT2D eigenvalue weighted by Gasteiger charge is -2.58. The Morgan fingerprint density at radius 2 is 1.93 bits per heavy atom. The number of halogens is 3. The highest BCUT2D eigenvalue weighted by atomic mass is 35.5. The van der Waals surface area contributed by atoms with Gasteiger partial charge in [-0.3, -0.25) is 9.59 Å². The summed E-state index contributed by atoms with van der Waals surface area (Å²) in [6, 6.07) is 8.43. The molecule has 29 heavy (non-hydrogen) atoms. The summed E-state index contributed by atoms with van der Waals surface area (Å²) in [5, 5.41) is 0.799. The normalized spacial score (nSPS) is 24.0. The molecule has 6 nitrogen and oxygen atoms in total. The van der Waals surface area contributed by atoms with Gasteiger partial charge in [-0.15, -0.1) is 0 Å². The largest absolute Gasteiger partial charge is 0.369 e. The molecule has 1 saturated carbocycles. The maximum atomic E-state index is 14.4. The zero-order valence-corrected chi connectivity index (χ0v) is 17.0. The van der Waals surface area contributed by atoms with Crippen LogP contribution in [0.5, 0.6) is 0 Å². The summed E-state index contributed by atoms with van der Waals surface area (Å²) in [5.74, 6) is -1.36. The molecule has 2 heterocycles. The lowest BCUT2D eigenvalue weighted by molar-refractivity contribution is -0.152. The molecule has 1 aliphatic carbocycles. The molecule has 2 amide bonds. The smallest absolute Gasteiger partial charge is 0.242 e. The first-order valence-electron chi connectivity index (χ1n) is 9.18. The standard InChI is InChI=1S/C20H19Cl2FN4O2/c21-14-3-1-12(2-4-14)9-27-17(28)10-26(19-16(23)5-15(22)8-25-19)11-20(27)6-13(7-20)18(24)29/h1-5,8,13H,6-7,9-11H2,(H2,24,29). The van der Waals surface area contributed by atoms with E-state index in [1.54, 1.807) is 21.9 Å². The van der Waals surface area contributed by atoms with Crippen LogP contribution in [0.4, 0.5) is 10.2 Å². The Kier molecular flexibility index (Phi) is 5.12. The first-order chi connectivity index (χ1) is 13.8. The summed E-state index contributed by atoms with van der Waals surface area (Å²) in [4.78, 5) is 32.2. The monoisotopic (exact) mass is 436 g/mol. The molecule has 1 aromatic heterocycles. The number of primary amides is 1. The van der Waals surface area contributed by atoms with Crippen molar-refractivity contribution in [3.8, 4) is 0 Å². The van der Waals surface area contributed by atoms with Crippen LogP contribution in [0.15, 0.2) is 36.5 Å². The zero-order chi connectivity index (χ0) is 20.8. The molecule has 152 valence electrons. The third-order valence-electron chi connectivity index (χ3n) is 5.68. The minimum atomic E-state index is -0.609. The number of aromatic nitrogens is 1. The maximum Gasteiger partial charge on any atom is 0.242 e. The van der Waals surface area contributed by atoms with Crippen LogP contribution in [0.2, 0.25) is 10.0 Å². The fourth-order valence-electron chi connectivity index (χ4n) is 4.24. The van der Waals surface area contributed by atoms with Gasteiger partial charge in [0.1, 0.15) is 0 Å². The summed E-state index contributed by atoms with van der Waals surface area (Å²) < 4.78 is 14.4. The molecule has 0 atom stereocenters. The third-order valence-corrected chi connectivity index (χ3v) is 6.14. The second-order valence-corrected chi connectivity index (χ2v) is 8.53. The van der Waals surface area contributed by atoms with Gasteiger partial charge in [-0.25, -0.2) is 9.37 Å². The van der Waals surface area contributed by atoms with Crippen LogP contribution in [0, 0.1) is 11.7 Å². The maximum absolute atomic E-state index is 14.4. The Morgan fingerprint density at radius 3 is 2.55 bits per heavy atom. The van der Waals surface area contributed by atoms with Gasteiger partial charge in [-0.1, -0.05) is 35.3 Å². The van der Waals surface area contributed by atoms with E-state index >= 15 is 0 Å². The molecule has 2 N–H and O–H groups in total. The average Bonchev–Trinajstić information content (AvgIpc) is 2.63. The van der Waals surface area contributed by atoms with Crippen LogP contribution in [-0.4, -0.2) is 40.3 Å². The molecular formula is C20H19Cl2FN4O2. The van der Waals surface area contributed by atoms with E-state index in [9.17, 15) is 14.0 Å². The fraction of sp³-hybridized carbons (Fsp3) is 0.350. The number of amides is 2. The molecule has 0 unspecified atom stereocenters. The van der Waals surface area contributed by atoms with Crippen molar-refractivity contribution in [3.05, 3.63) is 58.0 Å². The number of carbonyl (C=O) groups excluding carboxylic acids is 2. The van der Waals surface area contributed by atoms with Crippen LogP contribution >= 0.6 is 23.2 Å². The molecule has 2 aromatic rings. The van der Waals surface area contributed by atoms with E-state index in [4.69, 9.17) is 28.9 Å². The topological polar surface area (TPSA) is 79.5 Å². The van der Waals surface area contributed by atoms with Gasteiger partial charge in [-0.05, 0) is 36.6 Å². The molecule has 4 rings (SSSR count). The number of carbonyl (C=O) groups is 2. The second kappa shape index (κ2) is 7.46. The average molecular weight is 437 g/mol. The first kappa shape index (κ1) is 19.9. The van der Waals surface area contributed by atoms with E-state index in [0.29, 0.717) is 31.0 Å². The summed E-state index contributed by atoms with van der Waals surface area (Å²) in [6.07, 6.45) is 2.23. The highest BCUT2D eigenvalue weighted by Crippen LogP contribution is 2.46. The van der Waals surface area contributed by atoms with Crippen molar-refractivity contribution in [2.24, 2.45) is 11.7 Å². The summed E-state index contributed by atoms with van der Waals surface area (Å²) in [5.41, 5.74) is 5.78. The molecule has 0 bridgehead atoms. The number of benzene rings is 1. The van der Waals surface area contributed by atoms with Gasteiger partial charge in [0.2, 0.25) is 11.8 Å². The Balaban J connectivity index is 1.63. The molecule has 1 aromatic carbocycles. The number of nitrogens with two attached hydrogens (primary N) is 1. The lowest BCUT2D eigenvalue weighted by Crippen LogP contribution is -2.70. The third kappa shape index (κ3) is 3.76. The Morgan fingerprint density at radius 1 is 1.24 bits per heavy atom. The highest BCUT2D eigenvalue weighted by molar-refractivity contribution is 6.30. The fourth-order valence-corrected chi connectivity index (χ4v) is 4.51. The molecule has 2 fully saturated rings. The highest BCUT2D eigenvalue weighted by Gasteiger charge is 2.55. The SMILES string of the molecule is NC(=O)C1CC2(C1)CN(c1ncc(Cl)cc1F)CC(=O)N2Cc1ccc(Cl)cc1. The van der Waals surface area contributed by atoms with Crippen molar-refractivity contribution in [2.75, 3.05) is 18.0 Å². The van der Waals surface area contributed by atoms with Crippen LogP contribution in [0.3, 0.4) is 0 Å².